The van der Waals surface area contributed by atoms with Crippen molar-refractivity contribution in [2.24, 2.45) is 0 Å². The molecule has 1 aromatic carbocycles. The quantitative estimate of drug-likeness (QED) is 0.877. The predicted molar refractivity (Wildman–Crippen MR) is 92.3 cm³/mol. The highest BCUT2D eigenvalue weighted by Crippen LogP contribution is 2.15. The molecule has 0 fully saturated rings. The van der Waals surface area contributed by atoms with Gasteiger partial charge in [-0.1, -0.05) is 12.1 Å². The number of anilines is 1. The van der Waals surface area contributed by atoms with Crippen molar-refractivity contribution in [1.82, 2.24) is 9.88 Å². The second kappa shape index (κ2) is 7.22. The van der Waals surface area contributed by atoms with E-state index in [-0.39, 0.29) is 6.09 Å². The van der Waals surface area contributed by atoms with Crippen molar-refractivity contribution in [1.29, 1.82) is 0 Å². The normalized spacial score (nSPS) is 11.1. The molecule has 0 aliphatic heterocycles. The largest absolute Gasteiger partial charge is 0.444 e. The van der Waals surface area contributed by atoms with Crippen LogP contribution in [0.25, 0.3) is 0 Å². The molecule has 2 N–H and O–H groups in total. The number of aromatic amines is 1. The maximum Gasteiger partial charge on any atom is 0.410 e. The van der Waals surface area contributed by atoms with Gasteiger partial charge >= 0.3 is 6.09 Å². The third-order valence-corrected chi connectivity index (χ3v) is 3.20. The second-order valence-corrected chi connectivity index (χ2v) is 6.59. The molecule has 0 aliphatic rings. The number of nitrogens with zero attached hydrogens (tertiary/aromatic N) is 1. The van der Waals surface area contributed by atoms with Gasteiger partial charge in [-0.05, 0) is 50.6 Å². The lowest BCUT2D eigenvalue weighted by Gasteiger charge is -2.24. The van der Waals surface area contributed by atoms with Crippen LogP contribution in [0.4, 0.5) is 10.5 Å². The van der Waals surface area contributed by atoms with Gasteiger partial charge in [0, 0.05) is 31.2 Å². The van der Waals surface area contributed by atoms with Gasteiger partial charge in [0.25, 0.3) is 0 Å². The van der Waals surface area contributed by atoms with E-state index in [2.05, 4.69) is 10.3 Å². The van der Waals surface area contributed by atoms with Crippen molar-refractivity contribution >= 4 is 11.8 Å². The first-order valence-corrected chi connectivity index (χ1v) is 7.73. The van der Waals surface area contributed by atoms with Crippen molar-refractivity contribution in [3.63, 3.8) is 0 Å². The van der Waals surface area contributed by atoms with Gasteiger partial charge in [0.1, 0.15) is 5.60 Å². The summed E-state index contributed by atoms with van der Waals surface area (Å²) >= 11 is 0. The van der Waals surface area contributed by atoms with Gasteiger partial charge in [0.05, 0.1) is 6.54 Å². The summed E-state index contributed by atoms with van der Waals surface area (Å²) in [5.41, 5.74) is 2.72. The van der Waals surface area contributed by atoms with E-state index in [9.17, 15) is 4.79 Å². The van der Waals surface area contributed by atoms with Crippen LogP contribution in [0.3, 0.4) is 0 Å². The summed E-state index contributed by atoms with van der Waals surface area (Å²) in [6.07, 6.45) is 1.59. The lowest BCUT2D eigenvalue weighted by atomic mass is 10.2. The predicted octanol–water partition coefficient (Wildman–Crippen LogP) is 3.99. The van der Waals surface area contributed by atoms with Gasteiger partial charge in [0.15, 0.2) is 0 Å². The minimum atomic E-state index is -0.481. The number of H-pyrrole nitrogens is 1. The van der Waals surface area contributed by atoms with E-state index >= 15 is 0 Å². The average molecular weight is 315 g/mol. The number of ether oxygens (including phenoxy) is 1. The summed E-state index contributed by atoms with van der Waals surface area (Å²) in [6, 6.07) is 12.1. The number of amides is 1. The fraction of sp³-hybridized carbons (Fsp3) is 0.389. The molecule has 5 nitrogen and oxygen atoms in total. The number of rotatable bonds is 5. The zero-order valence-electron chi connectivity index (χ0n) is 14.2. The Labute approximate surface area is 137 Å². The first-order valence-electron chi connectivity index (χ1n) is 7.73. The Morgan fingerprint density at radius 1 is 1.26 bits per heavy atom. The highest BCUT2D eigenvalue weighted by Gasteiger charge is 2.19. The van der Waals surface area contributed by atoms with E-state index in [1.807, 2.05) is 63.4 Å². The van der Waals surface area contributed by atoms with Gasteiger partial charge in [-0.2, -0.15) is 0 Å². The van der Waals surface area contributed by atoms with Gasteiger partial charge in [0.2, 0.25) is 0 Å². The smallest absolute Gasteiger partial charge is 0.410 e. The van der Waals surface area contributed by atoms with Crippen LogP contribution in [0.15, 0.2) is 42.6 Å². The summed E-state index contributed by atoms with van der Waals surface area (Å²) in [4.78, 5) is 16.8. The molecule has 0 aliphatic carbocycles. The van der Waals surface area contributed by atoms with E-state index in [1.165, 1.54) is 0 Å². The van der Waals surface area contributed by atoms with Crippen LogP contribution in [-0.2, 0) is 17.8 Å². The molecule has 23 heavy (non-hydrogen) atoms. The molecule has 0 saturated carbocycles. The maximum absolute atomic E-state index is 12.0. The van der Waals surface area contributed by atoms with Crippen LogP contribution >= 0.6 is 0 Å². The molecule has 0 spiro atoms. The molecule has 0 unspecified atom stereocenters. The summed E-state index contributed by atoms with van der Waals surface area (Å²) in [5, 5.41) is 3.36. The Kier molecular flexibility index (Phi) is 5.32. The van der Waals surface area contributed by atoms with Crippen molar-refractivity contribution in [2.45, 2.75) is 39.5 Å². The van der Waals surface area contributed by atoms with Crippen LogP contribution in [0.5, 0.6) is 0 Å². The van der Waals surface area contributed by atoms with E-state index < -0.39 is 5.60 Å². The SMILES string of the molecule is CN(Cc1cccc(NCc2ccc[nH]2)c1)C(=O)OC(C)(C)C. The van der Waals surface area contributed by atoms with Crippen LogP contribution in [0, 0.1) is 0 Å². The lowest BCUT2D eigenvalue weighted by molar-refractivity contribution is 0.0285. The van der Waals surface area contributed by atoms with E-state index in [4.69, 9.17) is 4.74 Å². The molecule has 2 rings (SSSR count). The van der Waals surface area contributed by atoms with E-state index in [0.717, 1.165) is 23.5 Å². The number of nitrogens with one attached hydrogen (secondary N) is 2. The minimum absolute atomic E-state index is 0.317. The molecule has 1 heterocycles. The van der Waals surface area contributed by atoms with Crippen LogP contribution in [-0.4, -0.2) is 28.6 Å². The molecule has 0 bridgehead atoms. The standard InChI is InChI=1S/C18H25N3O2/c1-18(2,3)23-17(22)21(4)13-14-7-5-8-15(11-14)20-12-16-9-6-10-19-16/h5-11,19-20H,12-13H2,1-4H3. The summed E-state index contributed by atoms with van der Waals surface area (Å²) < 4.78 is 5.37. The zero-order valence-corrected chi connectivity index (χ0v) is 14.2. The Morgan fingerprint density at radius 2 is 2.04 bits per heavy atom. The van der Waals surface area contributed by atoms with Crippen molar-refractivity contribution in [2.75, 3.05) is 12.4 Å². The molecule has 0 radical (unpaired) electrons. The summed E-state index contributed by atoms with van der Waals surface area (Å²) in [6.45, 7) is 6.84. The van der Waals surface area contributed by atoms with Gasteiger partial charge in [-0.15, -0.1) is 0 Å². The number of benzene rings is 1. The summed E-state index contributed by atoms with van der Waals surface area (Å²) in [5.74, 6) is 0. The van der Waals surface area contributed by atoms with Gasteiger partial charge in [-0.3, -0.25) is 0 Å². The molecular formula is C18H25N3O2. The molecule has 1 aromatic heterocycles. The fourth-order valence-corrected chi connectivity index (χ4v) is 2.13. The van der Waals surface area contributed by atoms with Gasteiger partial charge in [-0.25, -0.2) is 4.79 Å². The topological polar surface area (TPSA) is 57.4 Å². The minimum Gasteiger partial charge on any atom is -0.444 e. The molecule has 2 aromatic rings. The number of hydrogen-bond acceptors (Lipinski definition) is 3. The molecule has 124 valence electrons. The molecule has 0 atom stereocenters. The van der Waals surface area contributed by atoms with Crippen molar-refractivity contribution in [3.8, 4) is 0 Å². The molecule has 1 amide bonds. The first kappa shape index (κ1) is 16.9. The molecule has 0 saturated heterocycles. The number of carbonyl (C=O) groups is 1. The Bertz CT molecular complexity index is 630. The Balaban J connectivity index is 1.92. The molecule has 5 heteroatoms. The third kappa shape index (κ3) is 5.70. The fourth-order valence-electron chi connectivity index (χ4n) is 2.13. The first-order chi connectivity index (χ1) is 10.8. The zero-order chi connectivity index (χ0) is 16.9. The number of carbonyl (C=O) groups excluding carboxylic acids is 1. The van der Waals surface area contributed by atoms with Crippen LogP contribution < -0.4 is 5.32 Å². The van der Waals surface area contributed by atoms with Crippen LogP contribution in [0.2, 0.25) is 0 Å². The van der Waals surface area contributed by atoms with Crippen molar-refractivity contribution < 1.29 is 9.53 Å². The maximum atomic E-state index is 12.0. The highest BCUT2D eigenvalue weighted by molar-refractivity contribution is 5.67. The van der Waals surface area contributed by atoms with Crippen molar-refractivity contribution in [3.05, 3.63) is 53.9 Å². The Hall–Kier alpha value is -2.43. The second-order valence-electron chi connectivity index (χ2n) is 6.59. The van der Waals surface area contributed by atoms with Gasteiger partial charge < -0.3 is 19.9 Å². The average Bonchev–Trinajstić information content (AvgIpc) is 2.97. The number of hydrogen-bond donors (Lipinski definition) is 2. The highest BCUT2D eigenvalue weighted by atomic mass is 16.6. The lowest BCUT2D eigenvalue weighted by Crippen LogP contribution is -2.33. The third-order valence-electron chi connectivity index (χ3n) is 3.20. The number of aromatic nitrogens is 1. The molecular weight excluding hydrogens is 290 g/mol. The van der Waals surface area contributed by atoms with E-state index in [0.29, 0.717) is 6.54 Å². The van der Waals surface area contributed by atoms with E-state index in [1.54, 1.807) is 11.9 Å². The Morgan fingerprint density at radius 3 is 2.70 bits per heavy atom. The monoisotopic (exact) mass is 315 g/mol. The summed E-state index contributed by atoms with van der Waals surface area (Å²) in [7, 11) is 1.74. The van der Waals surface area contributed by atoms with Crippen LogP contribution in [0.1, 0.15) is 32.0 Å².